The highest BCUT2D eigenvalue weighted by Crippen LogP contribution is 2.19. The van der Waals surface area contributed by atoms with Crippen molar-refractivity contribution in [2.45, 2.75) is 13.8 Å². The maximum Gasteiger partial charge on any atom is 0.171 e. The first-order valence-electron chi connectivity index (χ1n) is 5.23. The van der Waals surface area contributed by atoms with Crippen molar-refractivity contribution in [1.29, 1.82) is 0 Å². The predicted molar refractivity (Wildman–Crippen MR) is 62.5 cm³/mol. The average Bonchev–Trinajstić information content (AvgIpc) is 2.27. The molecule has 0 aliphatic carbocycles. The van der Waals surface area contributed by atoms with Crippen molar-refractivity contribution in [3.63, 3.8) is 0 Å². The summed E-state index contributed by atoms with van der Waals surface area (Å²) in [5.74, 6) is 0.659. The quantitative estimate of drug-likeness (QED) is 0.700. The first-order chi connectivity index (χ1) is 7.27. The molecule has 0 N–H and O–H groups in total. The Hall–Kier alpha value is -0.800. The second-order valence-electron chi connectivity index (χ2n) is 3.17. The van der Waals surface area contributed by atoms with Crippen LogP contribution < -0.4 is 4.74 Å². The summed E-state index contributed by atoms with van der Waals surface area (Å²) < 4.78 is 5.53. The summed E-state index contributed by atoms with van der Waals surface area (Å²) in [6.07, 6.45) is 1.65. The maximum atomic E-state index is 5.86. The van der Waals surface area contributed by atoms with Crippen molar-refractivity contribution >= 4 is 11.6 Å². The Labute approximate surface area is 96.0 Å². The molecule has 0 spiro atoms. The van der Waals surface area contributed by atoms with E-state index in [1.54, 1.807) is 6.20 Å². The third kappa shape index (κ3) is 4.06. The molecule has 0 amide bonds. The first-order valence-corrected chi connectivity index (χ1v) is 5.61. The standard InChI is InChI=1S/C11H17ClN2O/c1-3-14(4-2)8-9-15-10-6-5-7-13-11(10)12/h5-7H,3-4,8-9H2,1-2H3. The second kappa shape index (κ2) is 6.64. The molecular weight excluding hydrogens is 212 g/mol. The highest BCUT2D eigenvalue weighted by Gasteiger charge is 2.02. The average molecular weight is 229 g/mol. The topological polar surface area (TPSA) is 25.4 Å². The Balaban J connectivity index is 2.34. The second-order valence-corrected chi connectivity index (χ2v) is 3.53. The number of likely N-dealkylation sites (N-methyl/N-ethyl adjacent to an activating group) is 1. The largest absolute Gasteiger partial charge is 0.489 e. The summed E-state index contributed by atoms with van der Waals surface area (Å²) in [6, 6.07) is 3.65. The van der Waals surface area contributed by atoms with Crippen molar-refractivity contribution in [1.82, 2.24) is 9.88 Å². The zero-order chi connectivity index (χ0) is 11.1. The van der Waals surface area contributed by atoms with Crippen LogP contribution in [0.1, 0.15) is 13.8 Å². The van der Waals surface area contributed by atoms with Gasteiger partial charge in [0, 0.05) is 12.7 Å². The van der Waals surface area contributed by atoms with Crippen molar-refractivity contribution < 1.29 is 4.74 Å². The maximum absolute atomic E-state index is 5.86. The molecule has 1 aromatic heterocycles. The Morgan fingerprint density at radius 3 is 2.73 bits per heavy atom. The molecule has 0 aliphatic heterocycles. The molecule has 1 rings (SSSR count). The number of nitrogens with zero attached hydrogens (tertiary/aromatic N) is 2. The highest BCUT2D eigenvalue weighted by atomic mass is 35.5. The molecule has 15 heavy (non-hydrogen) atoms. The molecule has 0 aliphatic rings. The Morgan fingerprint density at radius 1 is 1.40 bits per heavy atom. The minimum Gasteiger partial charge on any atom is -0.489 e. The molecule has 0 fully saturated rings. The van der Waals surface area contributed by atoms with E-state index in [2.05, 4.69) is 23.7 Å². The zero-order valence-corrected chi connectivity index (χ0v) is 10.00. The molecule has 84 valence electrons. The molecular formula is C11H17ClN2O. The van der Waals surface area contributed by atoms with Gasteiger partial charge in [-0.05, 0) is 25.2 Å². The molecule has 1 heterocycles. The van der Waals surface area contributed by atoms with Gasteiger partial charge in [-0.25, -0.2) is 4.98 Å². The molecule has 0 aromatic carbocycles. The SMILES string of the molecule is CCN(CC)CCOc1cccnc1Cl. The number of aromatic nitrogens is 1. The lowest BCUT2D eigenvalue weighted by Gasteiger charge is -2.18. The number of halogens is 1. The molecule has 0 saturated carbocycles. The van der Waals surface area contributed by atoms with Gasteiger partial charge in [-0.2, -0.15) is 0 Å². The number of hydrogen-bond acceptors (Lipinski definition) is 3. The fourth-order valence-corrected chi connectivity index (χ4v) is 1.48. The molecule has 0 saturated heterocycles. The molecule has 0 unspecified atom stereocenters. The lowest BCUT2D eigenvalue weighted by atomic mass is 10.4. The summed E-state index contributed by atoms with van der Waals surface area (Å²) in [4.78, 5) is 6.24. The van der Waals surface area contributed by atoms with Crippen LogP contribution in [0, 0.1) is 0 Å². The number of ether oxygens (including phenoxy) is 1. The molecule has 0 radical (unpaired) electrons. The monoisotopic (exact) mass is 228 g/mol. The molecule has 3 nitrogen and oxygen atoms in total. The van der Waals surface area contributed by atoms with Gasteiger partial charge in [0.25, 0.3) is 0 Å². The summed E-state index contributed by atoms with van der Waals surface area (Å²) >= 11 is 5.86. The van der Waals surface area contributed by atoms with E-state index in [1.165, 1.54) is 0 Å². The highest BCUT2D eigenvalue weighted by molar-refractivity contribution is 6.30. The number of pyridine rings is 1. The Morgan fingerprint density at radius 2 is 2.13 bits per heavy atom. The van der Waals surface area contributed by atoms with E-state index in [1.807, 2.05) is 12.1 Å². The molecule has 0 atom stereocenters. The van der Waals surface area contributed by atoms with Crippen LogP contribution in [0.25, 0.3) is 0 Å². The van der Waals surface area contributed by atoms with Crippen molar-refractivity contribution in [2.24, 2.45) is 0 Å². The smallest absolute Gasteiger partial charge is 0.171 e. The molecule has 1 aromatic rings. The van der Waals surface area contributed by atoms with Crippen LogP contribution in [0.15, 0.2) is 18.3 Å². The van der Waals surface area contributed by atoms with Gasteiger partial charge < -0.3 is 9.64 Å². The number of hydrogen-bond donors (Lipinski definition) is 0. The van der Waals surface area contributed by atoms with Gasteiger partial charge in [0.1, 0.15) is 6.61 Å². The Bertz CT molecular complexity index is 290. The summed E-state index contributed by atoms with van der Waals surface area (Å²) in [5, 5.41) is 0.428. The van der Waals surface area contributed by atoms with E-state index < -0.39 is 0 Å². The summed E-state index contributed by atoms with van der Waals surface area (Å²) in [6.45, 7) is 7.92. The summed E-state index contributed by atoms with van der Waals surface area (Å²) in [5.41, 5.74) is 0. The van der Waals surface area contributed by atoms with Gasteiger partial charge in [0.15, 0.2) is 10.9 Å². The zero-order valence-electron chi connectivity index (χ0n) is 9.24. The fraction of sp³-hybridized carbons (Fsp3) is 0.545. The van der Waals surface area contributed by atoms with Crippen LogP contribution in [-0.2, 0) is 0 Å². The van der Waals surface area contributed by atoms with Gasteiger partial charge in [0.05, 0.1) is 0 Å². The van der Waals surface area contributed by atoms with Gasteiger partial charge >= 0.3 is 0 Å². The fourth-order valence-electron chi connectivity index (χ4n) is 1.30. The molecule has 0 bridgehead atoms. The van der Waals surface area contributed by atoms with Crippen LogP contribution >= 0.6 is 11.6 Å². The molecule has 4 heteroatoms. The van der Waals surface area contributed by atoms with E-state index in [0.717, 1.165) is 19.6 Å². The van der Waals surface area contributed by atoms with Crippen LogP contribution in [-0.4, -0.2) is 36.1 Å². The van der Waals surface area contributed by atoms with Crippen molar-refractivity contribution in [2.75, 3.05) is 26.2 Å². The third-order valence-corrected chi connectivity index (χ3v) is 2.57. The van der Waals surface area contributed by atoms with Crippen LogP contribution in [0.2, 0.25) is 5.15 Å². The first kappa shape index (κ1) is 12.3. The van der Waals surface area contributed by atoms with E-state index >= 15 is 0 Å². The minimum atomic E-state index is 0.428. The minimum absolute atomic E-state index is 0.428. The third-order valence-electron chi connectivity index (χ3n) is 2.28. The lowest BCUT2D eigenvalue weighted by Crippen LogP contribution is -2.27. The predicted octanol–water partition coefficient (Wildman–Crippen LogP) is 2.46. The van der Waals surface area contributed by atoms with Gasteiger partial charge in [-0.15, -0.1) is 0 Å². The van der Waals surface area contributed by atoms with Crippen LogP contribution in [0.3, 0.4) is 0 Å². The van der Waals surface area contributed by atoms with E-state index in [9.17, 15) is 0 Å². The van der Waals surface area contributed by atoms with Crippen LogP contribution in [0.5, 0.6) is 5.75 Å². The van der Waals surface area contributed by atoms with Crippen molar-refractivity contribution in [3.05, 3.63) is 23.5 Å². The number of rotatable bonds is 6. The van der Waals surface area contributed by atoms with E-state index in [-0.39, 0.29) is 0 Å². The van der Waals surface area contributed by atoms with E-state index in [4.69, 9.17) is 16.3 Å². The van der Waals surface area contributed by atoms with Gasteiger partial charge in [-0.1, -0.05) is 25.4 Å². The van der Waals surface area contributed by atoms with Gasteiger partial charge in [0.2, 0.25) is 0 Å². The normalized spacial score (nSPS) is 10.7. The van der Waals surface area contributed by atoms with Gasteiger partial charge in [-0.3, -0.25) is 0 Å². The van der Waals surface area contributed by atoms with Crippen molar-refractivity contribution in [3.8, 4) is 5.75 Å². The van der Waals surface area contributed by atoms with Crippen LogP contribution in [0.4, 0.5) is 0 Å². The van der Waals surface area contributed by atoms with E-state index in [0.29, 0.717) is 17.5 Å². The lowest BCUT2D eigenvalue weighted by molar-refractivity contribution is 0.222. The summed E-state index contributed by atoms with van der Waals surface area (Å²) in [7, 11) is 0. The Kier molecular flexibility index (Phi) is 5.43.